The minimum atomic E-state index is -0.0487. The van der Waals surface area contributed by atoms with Gasteiger partial charge in [0.15, 0.2) is 17.3 Å². The summed E-state index contributed by atoms with van der Waals surface area (Å²) in [6.45, 7) is 5.19. The normalized spacial score (nSPS) is 15.8. The van der Waals surface area contributed by atoms with Crippen LogP contribution in [0.25, 0.3) is 10.3 Å². The second-order valence-electron chi connectivity index (χ2n) is 5.24. The minimum Gasteiger partial charge on any atom is -0.439 e. The number of piperidine rings is 1. The molecule has 0 radical (unpaired) electrons. The van der Waals surface area contributed by atoms with Crippen molar-refractivity contribution in [1.82, 2.24) is 0 Å². The summed E-state index contributed by atoms with van der Waals surface area (Å²) in [6.07, 6.45) is 3.45. The van der Waals surface area contributed by atoms with Crippen molar-refractivity contribution in [3.63, 3.8) is 0 Å². The fraction of sp³-hybridized carbons (Fsp3) is 0.467. The Morgan fingerprint density at radius 1 is 1.30 bits per heavy atom. The molecule has 4 nitrogen and oxygen atoms in total. The largest absolute Gasteiger partial charge is 0.439 e. The maximum absolute atomic E-state index is 12.2. The quantitative estimate of drug-likeness (QED) is 0.796. The zero-order valence-corrected chi connectivity index (χ0v) is 12.5. The Labute approximate surface area is 121 Å². The molecule has 20 heavy (non-hydrogen) atoms. The minimum absolute atomic E-state index is 0.0484. The number of aryl methyl sites for hydroxylation is 1. The molecule has 1 fully saturated rings. The maximum Gasteiger partial charge on any atom is 0.204 e. The molecule has 2 aromatic heterocycles. The third-order valence-corrected chi connectivity index (χ3v) is 4.85. The fourth-order valence-electron chi connectivity index (χ4n) is 2.77. The van der Waals surface area contributed by atoms with Gasteiger partial charge in [-0.2, -0.15) is 0 Å². The number of carbonyl (C=O) groups is 1. The third kappa shape index (κ3) is 2.16. The highest BCUT2D eigenvalue weighted by atomic mass is 32.1. The van der Waals surface area contributed by atoms with Crippen LogP contribution in [0.2, 0.25) is 0 Å². The highest BCUT2D eigenvalue weighted by molar-refractivity contribution is 7.19. The van der Waals surface area contributed by atoms with Crippen molar-refractivity contribution in [2.24, 2.45) is 0 Å². The molecule has 0 saturated carbocycles. The topological polar surface area (TPSA) is 50.5 Å². The number of hydrogen-bond donors (Lipinski definition) is 0. The molecule has 0 amide bonds. The van der Waals surface area contributed by atoms with Crippen LogP contribution in [0, 0.1) is 6.92 Å². The molecule has 5 heteroatoms. The van der Waals surface area contributed by atoms with Crippen molar-refractivity contribution in [2.45, 2.75) is 33.1 Å². The van der Waals surface area contributed by atoms with Gasteiger partial charge in [0, 0.05) is 24.0 Å². The van der Waals surface area contributed by atoms with Crippen molar-refractivity contribution < 1.29 is 9.21 Å². The molecule has 0 spiro atoms. The predicted molar refractivity (Wildman–Crippen MR) is 81.2 cm³/mol. The van der Waals surface area contributed by atoms with Gasteiger partial charge in [-0.3, -0.25) is 9.59 Å². The number of Topliss-reactive ketones (excluding diaryl/α,β-unsaturated/α-hetero) is 1. The number of anilines is 1. The van der Waals surface area contributed by atoms with Gasteiger partial charge in [-0.25, -0.2) is 0 Å². The number of ketones is 1. The standard InChI is InChI=1S/C15H17NO3S/c1-9(17)13-10(2)20-15-11(18)8-12(19-14(13)15)16-6-4-3-5-7-16/h8H,3-7H2,1-2H3. The predicted octanol–water partition coefficient (Wildman–Crippen LogP) is 3.36. The average Bonchev–Trinajstić information content (AvgIpc) is 2.76. The summed E-state index contributed by atoms with van der Waals surface area (Å²) in [5.74, 6) is 0.551. The van der Waals surface area contributed by atoms with Crippen LogP contribution < -0.4 is 10.3 Å². The second-order valence-corrected chi connectivity index (χ2v) is 6.47. The Kier molecular flexibility index (Phi) is 3.38. The first kappa shape index (κ1) is 13.4. The van der Waals surface area contributed by atoms with E-state index >= 15 is 0 Å². The van der Waals surface area contributed by atoms with Crippen LogP contribution in [-0.2, 0) is 0 Å². The van der Waals surface area contributed by atoms with Crippen molar-refractivity contribution in [2.75, 3.05) is 18.0 Å². The Bertz CT molecular complexity index is 723. The van der Waals surface area contributed by atoms with Crippen LogP contribution >= 0.6 is 11.3 Å². The highest BCUT2D eigenvalue weighted by Gasteiger charge is 2.21. The lowest BCUT2D eigenvalue weighted by atomic mass is 10.1. The van der Waals surface area contributed by atoms with E-state index in [1.54, 1.807) is 6.07 Å². The molecule has 0 unspecified atom stereocenters. The molecule has 0 aliphatic carbocycles. The van der Waals surface area contributed by atoms with Gasteiger partial charge < -0.3 is 9.32 Å². The number of hydrogen-bond acceptors (Lipinski definition) is 5. The van der Waals surface area contributed by atoms with Crippen molar-refractivity contribution in [1.29, 1.82) is 0 Å². The fourth-order valence-corrected chi connectivity index (χ4v) is 3.81. The molecule has 0 bridgehead atoms. The van der Waals surface area contributed by atoms with Gasteiger partial charge in [0.2, 0.25) is 5.43 Å². The lowest BCUT2D eigenvalue weighted by molar-refractivity contribution is 0.101. The summed E-state index contributed by atoms with van der Waals surface area (Å²) in [4.78, 5) is 27.0. The van der Waals surface area contributed by atoms with E-state index in [0.29, 0.717) is 21.7 Å². The summed E-state index contributed by atoms with van der Waals surface area (Å²) in [6, 6.07) is 1.56. The van der Waals surface area contributed by atoms with E-state index in [-0.39, 0.29) is 11.2 Å². The van der Waals surface area contributed by atoms with Crippen molar-refractivity contribution in [3.05, 3.63) is 26.7 Å². The van der Waals surface area contributed by atoms with Crippen LogP contribution in [0.4, 0.5) is 5.88 Å². The van der Waals surface area contributed by atoms with Gasteiger partial charge >= 0.3 is 0 Å². The number of thiophene rings is 1. The first-order chi connectivity index (χ1) is 9.58. The molecule has 3 heterocycles. The molecule has 1 saturated heterocycles. The van der Waals surface area contributed by atoms with Crippen LogP contribution in [0.15, 0.2) is 15.3 Å². The van der Waals surface area contributed by atoms with Crippen molar-refractivity contribution >= 4 is 33.3 Å². The average molecular weight is 291 g/mol. The number of nitrogens with zero attached hydrogens (tertiary/aromatic N) is 1. The molecule has 106 valence electrons. The van der Waals surface area contributed by atoms with E-state index in [2.05, 4.69) is 4.90 Å². The molecule has 0 N–H and O–H groups in total. The van der Waals surface area contributed by atoms with E-state index < -0.39 is 0 Å². The monoisotopic (exact) mass is 291 g/mol. The summed E-state index contributed by atoms with van der Waals surface area (Å²) >= 11 is 1.34. The van der Waals surface area contributed by atoms with E-state index in [4.69, 9.17) is 4.42 Å². The maximum atomic E-state index is 12.2. The zero-order chi connectivity index (χ0) is 14.3. The molecule has 2 aromatic rings. The molecule has 3 rings (SSSR count). The first-order valence-corrected chi connectivity index (χ1v) is 7.72. The zero-order valence-electron chi connectivity index (χ0n) is 11.7. The number of fused-ring (bicyclic) bond motifs is 1. The second kappa shape index (κ2) is 5.05. The summed E-state index contributed by atoms with van der Waals surface area (Å²) in [7, 11) is 0. The third-order valence-electron chi connectivity index (χ3n) is 3.75. The van der Waals surface area contributed by atoms with Gasteiger partial charge in [-0.1, -0.05) is 0 Å². The Balaban J connectivity index is 2.18. The molecular formula is C15H17NO3S. The summed E-state index contributed by atoms with van der Waals surface area (Å²) < 4.78 is 6.46. The van der Waals surface area contributed by atoms with E-state index in [9.17, 15) is 9.59 Å². The SMILES string of the molecule is CC(=O)c1c(C)sc2c(=O)cc(N3CCCCC3)oc12. The molecule has 0 aromatic carbocycles. The van der Waals surface area contributed by atoms with Gasteiger partial charge in [0.05, 0.1) is 5.56 Å². The summed E-state index contributed by atoms with van der Waals surface area (Å²) in [5.41, 5.74) is 0.974. The van der Waals surface area contributed by atoms with Gasteiger partial charge in [-0.05, 0) is 33.1 Å². The lowest BCUT2D eigenvalue weighted by Crippen LogP contribution is -2.30. The lowest BCUT2D eigenvalue weighted by Gasteiger charge is -2.26. The molecular weight excluding hydrogens is 274 g/mol. The van der Waals surface area contributed by atoms with Crippen LogP contribution in [-0.4, -0.2) is 18.9 Å². The van der Waals surface area contributed by atoms with Gasteiger partial charge in [0.25, 0.3) is 0 Å². The van der Waals surface area contributed by atoms with E-state index in [1.165, 1.54) is 24.7 Å². The molecule has 1 aliphatic heterocycles. The molecule has 0 atom stereocenters. The van der Waals surface area contributed by atoms with Gasteiger partial charge in [0.1, 0.15) is 4.70 Å². The Hall–Kier alpha value is -1.62. The highest BCUT2D eigenvalue weighted by Crippen LogP contribution is 2.32. The van der Waals surface area contributed by atoms with Crippen LogP contribution in [0.1, 0.15) is 41.4 Å². The first-order valence-electron chi connectivity index (χ1n) is 6.91. The smallest absolute Gasteiger partial charge is 0.204 e. The van der Waals surface area contributed by atoms with Gasteiger partial charge in [-0.15, -0.1) is 11.3 Å². The van der Waals surface area contributed by atoms with E-state index in [0.717, 1.165) is 30.8 Å². The van der Waals surface area contributed by atoms with Crippen molar-refractivity contribution in [3.8, 4) is 0 Å². The summed E-state index contributed by atoms with van der Waals surface area (Å²) in [5, 5.41) is 0. The number of carbonyl (C=O) groups excluding carboxylic acids is 1. The van der Waals surface area contributed by atoms with Crippen LogP contribution in [0.5, 0.6) is 0 Å². The van der Waals surface area contributed by atoms with Crippen LogP contribution in [0.3, 0.4) is 0 Å². The van der Waals surface area contributed by atoms with E-state index in [1.807, 2.05) is 6.92 Å². The Morgan fingerprint density at radius 2 is 2.00 bits per heavy atom. The number of rotatable bonds is 2. The Morgan fingerprint density at radius 3 is 2.65 bits per heavy atom. The molecule has 1 aliphatic rings.